The highest BCUT2D eigenvalue weighted by molar-refractivity contribution is 5.79. The van der Waals surface area contributed by atoms with Crippen molar-refractivity contribution < 1.29 is 4.79 Å². The first-order valence-corrected chi connectivity index (χ1v) is 13.9. The number of piperidine rings is 2. The average Bonchev–Trinajstić information content (AvgIpc) is 2.88. The lowest BCUT2D eigenvalue weighted by Crippen LogP contribution is -2.45. The number of aromatic nitrogens is 2. The number of carbonyl (C=O) groups is 1. The molecule has 0 atom stereocenters. The minimum atomic E-state index is 0.0246. The fourth-order valence-electron chi connectivity index (χ4n) is 6.58. The maximum absolute atomic E-state index is 13.9. The van der Waals surface area contributed by atoms with E-state index in [4.69, 9.17) is 4.98 Å². The number of amides is 1. The molecule has 0 spiro atoms. The van der Waals surface area contributed by atoms with Crippen molar-refractivity contribution in [1.29, 1.82) is 0 Å². The molecule has 1 aromatic heterocycles. The number of nitrogens with one attached hydrogen (secondary N) is 1. The Bertz CT molecular complexity index is 1060. The van der Waals surface area contributed by atoms with E-state index in [0.29, 0.717) is 18.9 Å². The number of nitrogens with zero attached hydrogens (tertiary/aromatic N) is 4. The van der Waals surface area contributed by atoms with Gasteiger partial charge in [-0.05, 0) is 50.7 Å². The van der Waals surface area contributed by atoms with Crippen LogP contribution in [0.3, 0.4) is 0 Å². The molecule has 1 saturated carbocycles. The van der Waals surface area contributed by atoms with Crippen LogP contribution in [-0.2, 0) is 4.79 Å². The van der Waals surface area contributed by atoms with E-state index >= 15 is 0 Å². The topological polar surface area (TPSA) is 70.5 Å². The van der Waals surface area contributed by atoms with Crippen molar-refractivity contribution in [2.45, 2.75) is 82.7 Å². The van der Waals surface area contributed by atoms with Crippen molar-refractivity contribution in [3.63, 3.8) is 0 Å². The summed E-state index contributed by atoms with van der Waals surface area (Å²) < 4.78 is 2.05. The highest BCUT2D eigenvalue weighted by Gasteiger charge is 2.30. The van der Waals surface area contributed by atoms with E-state index in [-0.39, 0.29) is 23.4 Å². The molecule has 1 amide bonds. The van der Waals surface area contributed by atoms with E-state index in [1.54, 1.807) is 7.05 Å². The minimum absolute atomic E-state index is 0.0246. The Kier molecular flexibility index (Phi) is 7.71. The van der Waals surface area contributed by atoms with Crippen LogP contribution in [0.2, 0.25) is 0 Å². The highest BCUT2D eigenvalue weighted by Crippen LogP contribution is 2.30. The van der Waals surface area contributed by atoms with Crippen LogP contribution in [0.4, 0.5) is 5.82 Å². The molecule has 1 aliphatic carbocycles. The van der Waals surface area contributed by atoms with Crippen LogP contribution in [0.1, 0.15) is 76.7 Å². The molecule has 0 bridgehead atoms. The molecule has 7 heteroatoms. The monoisotopic (exact) mass is 479 g/mol. The largest absolute Gasteiger partial charge is 0.359 e. The van der Waals surface area contributed by atoms with Crippen molar-refractivity contribution in [2.24, 2.45) is 5.92 Å². The number of fused-ring (bicyclic) bond motifs is 1. The third-order valence-electron chi connectivity index (χ3n) is 8.64. The molecule has 5 rings (SSSR count). The Morgan fingerprint density at radius 3 is 2.20 bits per heavy atom. The van der Waals surface area contributed by atoms with Gasteiger partial charge in [0.15, 0.2) is 5.82 Å². The third-order valence-corrected chi connectivity index (χ3v) is 8.64. The molecular formula is C28H41N5O2. The highest BCUT2D eigenvalue weighted by atomic mass is 16.2. The summed E-state index contributed by atoms with van der Waals surface area (Å²) in [5.74, 6) is 0.683. The second kappa shape index (κ2) is 11.1. The van der Waals surface area contributed by atoms with Gasteiger partial charge in [0.1, 0.15) is 0 Å². The molecule has 2 aromatic rings. The van der Waals surface area contributed by atoms with Gasteiger partial charge in [-0.25, -0.2) is 4.98 Å². The van der Waals surface area contributed by atoms with Crippen LogP contribution >= 0.6 is 0 Å². The predicted molar refractivity (Wildman–Crippen MR) is 141 cm³/mol. The van der Waals surface area contributed by atoms with Crippen molar-refractivity contribution in [1.82, 2.24) is 19.8 Å². The van der Waals surface area contributed by atoms with Crippen LogP contribution in [0.5, 0.6) is 0 Å². The van der Waals surface area contributed by atoms with Gasteiger partial charge in [0, 0.05) is 51.2 Å². The van der Waals surface area contributed by atoms with Gasteiger partial charge in [0.05, 0.1) is 11.0 Å². The summed E-state index contributed by atoms with van der Waals surface area (Å²) in [7, 11) is 1.70. The van der Waals surface area contributed by atoms with Gasteiger partial charge in [0.2, 0.25) is 5.91 Å². The molecule has 1 N–H and O–H groups in total. The first-order valence-electron chi connectivity index (χ1n) is 13.9. The number of para-hydroxylation sites is 2. The van der Waals surface area contributed by atoms with Gasteiger partial charge in [-0.1, -0.05) is 44.2 Å². The smallest absolute Gasteiger partial charge is 0.294 e. The van der Waals surface area contributed by atoms with E-state index in [2.05, 4.69) is 19.7 Å². The molecule has 3 heterocycles. The number of likely N-dealkylation sites (tertiary alicyclic amines) is 1. The van der Waals surface area contributed by atoms with Gasteiger partial charge in [-0.2, -0.15) is 0 Å². The van der Waals surface area contributed by atoms with E-state index in [9.17, 15) is 9.59 Å². The maximum atomic E-state index is 13.9. The van der Waals surface area contributed by atoms with Gasteiger partial charge < -0.3 is 19.7 Å². The number of carbonyl (C=O) groups excluding carboxylic acids is 1. The minimum Gasteiger partial charge on any atom is -0.359 e. The zero-order chi connectivity index (χ0) is 24.2. The van der Waals surface area contributed by atoms with Crippen LogP contribution in [0, 0.1) is 5.92 Å². The summed E-state index contributed by atoms with van der Waals surface area (Å²) in [6, 6.07) is 9.02. The number of hydrogen-bond donors (Lipinski definition) is 1. The van der Waals surface area contributed by atoms with Crippen LogP contribution in [0.15, 0.2) is 29.1 Å². The Morgan fingerprint density at radius 2 is 1.51 bits per heavy atom. The lowest BCUT2D eigenvalue weighted by atomic mass is 9.93. The quantitative estimate of drug-likeness (QED) is 0.715. The van der Waals surface area contributed by atoms with E-state index in [1.165, 1.54) is 44.9 Å². The second-order valence-electron chi connectivity index (χ2n) is 10.7. The van der Waals surface area contributed by atoms with Gasteiger partial charge >= 0.3 is 0 Å². The fourth-order valence-corrected chi connectivity index (χ4v) is 6.58. The predicted octanol–water partition coefficient (Wildman–Crippen LogP) is 4.11. The van der Waals surface area contributed by atoms with Crippen molar-refractivity contribution in [2.75, 3.05) is 38.1 Å². The summed E-state index contributed by atoms with van der Waals surface area (Å²) in [6.07, 6.45) is 13.1. The van der Waals surface area contributed by atoms with Crippen LogP contribution < -0.4 is 15.8 Å². The summed E-state index contributed by atoms with van der Waals surface area (Å²) >= 11 is 0. The van der Waals surface area contributed by atoms with Crippen molar-refractivity contribution in [3.05, 3.63) is 34.6 Å². The molecule has 3 aliphatic rings. The molecule has 7 nitrogen and oxygen atoms in total. The van der Waals surface area contributed by atoms with Crippen LogP contribution in [-0.4, -0.2) is 59.6 Å². The molecule has 3 fully saturated rings. The second-order valence-corrected chi connectivity index (χ2v) is 10.7. The summed E-state index contributed by atoms with van der Waals surface area (Å²) in [4.78, 5) is 35.6. The van der Waals surface area contributed by atoms with Gasteiger partial charge in [0.25, 0.3) is 5.56 Å². The summed E-state index contributed by atoms with van der Waals surface area (Å²) in [6.45, 7) is 3.54. The standard InChI is InChI=1S/C28H41N5O2/c1-29-27(34)21-13-17-32(18-14-21)26-28(35)33(25-12-8-7-11-24(25)30-26)23-15-19-31(20-16-23)22-9-5-3-2-4-6-10-22/h7-8,11-12,21-23H,2-6,9-10,13-20H2,1H3,(H,29,34). The lowest BCUT2D eigenvalue weighted by Gasteiger charge is -2.39. The first-order chi connectivity index (χ1) is 17.2. The Hall–Kier alpha value is -2.41. The average molecular weight is 480 g/mol. The zero-order valence-electron chi connectivity index (χ0n) is 21.3. The fraction of sp³-hybridized carbons (Fsp3) is 0.679. The number of anilines is 1. The first kappa shape index (κ1) is 24.3. The molecule has 2 saturated heterocycles. The molecule has 35 heavy (non-hydrogen) atoms. The van der Waals surface area contributed by atoms with Crippen LogP contribution in [0.25, 0.3) is 11.0 Å². The molecule has 1 aromatic carbocycles. The van der Waals surface area contributed by atoms with E-state index < -0.39 is 0 Å². The SMILES string of the molecule is CNC(=O)C1CCN(c2nc3ccccc3n(C3CCN(C4CCCCCCC4)CC3)c2=O)CC1. The maximum Gasteiger partial charge on any atom is 0.294 e. The normalized spacial score (nSPS) is 22.1. The van der Waals surface area contributed by atoms with Gasteiger partial charge in [-0.15, -0.1) is 0 Å². The van der Waals surface area contributed by atoms with E-state index in [1.807, 2.05) is 24.3 Å². The number of hydrogen-bond acceptors (Lipinski definition) is 5. The molecule has 2 aliphatic heterocycles. The Labute approximate surface area is 208 Å². The summed E-state index contributed by atoms with van der Waals surface area (Å²) in [5, 5.41) is 2.77. The number of rotatable bonds is 4. The zero-order valence-corrected chi connectivity index (χ0v) is 21.3. The third kappa shape index (κ3) is 5.25. The van der Waals surface area contributed by atoms with Gasteiger partial charge in [-0.3, -0.25) is 9.59 Å². The molecular weight excluding hydrogens is 438 g/mol. The van der Waals surface area contributed by atoms with Crippen molar-refractivity contribution in [3.8, 4) is 0 Å². The molecule has 190 valence electrons. The lowest BCUT2D eigenvalue weighted by molar-refractivity contribution is -0.125. The molecule has 0 unspecified atom stereocenters. The number of benzene rings is 1. The van der Waals surface area contributed by atoms with Crippen molar-refractivity contribution >= 4 is 22.8 Å². The Balaban J connectivity index is 1.36. The molecule has 0 radical (unpaired) electrons. The summed E-state index contributed by atoms with van der Waals surface area (Å²) in [5.41, 5.74) is 1.87. The Morgan fingerprint density at radius 1 is 0.857 bits per heavy atom. The van der Waals surface area contributed by atoms with E-state index in [0.717, 1.165) is 55.8 Å².